The summed E-state index contributed by atoms with van der Waals surface area (Å²) in [7, 11) is 0. The normalized spacial score (nSPS) is 10.6. The molecule has 0 aliphatic rings. The lowest BCUT2D eigenvalue weighted by molar-refractivity contribution is 0.262. The van der Waals surface area contributed by atoms with E-state index < -0.39 is 0 Å². The minimum Gasteiger partial charge on any atom is -0.308 e. The molecule has 0 aliphatic heterocycles. The van der Waals surface area contributed by atoms with Crippen LogP contribution >= 0.6 is 0 Å². The van der Waals surface area contributed by atoms with Gasteiger partial charge in [-0.3, -0.25) is 0 Å². The Bertz CT molecular complexity index is 649. The largest absolute Gasteiger partial charge is 0.323 e. The highest BCUT2D eigenvalue weighted by Crippen LogP contribution is 2.22. The van der Waals surface area contributed by atoms with E-state index in [0.717, 1.165) is 22.5 Å². The number of hydrogen-bond acceptors (Lipinski definition) is 1. The van der Waals surface area contributed by atoms with E-state index in [1.807, 2.05) is 38.1 Å². The molecule has 2 aromatic carbocycles. The number of amides is 2. The number of rotatable bonds is 3. The van der Waals surface area contributed by atoms with Gasteiger partial charge in [0.25, 0.3) is 0 Å². The zero-order valence-corrected chi connectivity index (χ0v) is 13.9. The van der Waals surface area contributed by atoms with E-state index >= 15 is 0 Å². The second-order valence-electron chi connectivity index (χ2n) is 6.13. The first-order chi connectivity index (χ1) is 10.4. The van der Waals surface area contributed by atoms with Crippen molar-refractivity contribution in [3.05, 3.63) is 58.7 Å². The molecule has 0 unspecified atom stereocenters. The predicted octanol–water partition coefficient (Wildman–Crippen LogP) is 5.38. The summed E-state index contributed by atoms with van der Waals surface area (Å²) in [5, 5.41) is 5.82. The maximum atomic E-state index is 12.2. The molecule has 0 atom stereocenters. The summed E-state index contributed by atoms with van der Waals surface area (Å²) in [4.78, 5) is 12.2. The number of urea groups is 1. The Kier molecular flexibility index (Phi) is 4.86. The molecular weight excluding hydrogens is 272 g/mol. The fourth-order valence-electron chi connectivity index (χ4n) is 2.60. The first kappa shape index (κ1) is 16.1. The Labute approximate surface area is 132 Å². The van der Waals surface area contributed by atoms with Crippen LogP contribution in [0, 0.1) is 20.8 Å². The lowest BCUT2D eigenvalue weighted by Crippen LogP contribution is -2.20. The maximum absolute atomic E-state index is 12.2. The van der Waals surface area contributed by atoms with Gasteiger partial charge in [0, 0.05) is 11.4 Å². The Morgan fingerprint density at radius 1 is 0.909 bits per heavy atom. The van der Waals surface area contributed by atoms with Crippen LogP contribution in [0.15, 0.2) is 36.4 Å². The van der Waals surface area contributed by atoms with Crippen molar-refractivity contribution in [2.75, 3.05) is 10.6 Å². The topological polar surface area (TPSA) is 41.1 Å². The van der Waals surface area contributed by atoms with Crippen LogP contribution in [0.25, 0.3) is 0 Å². The van der Waals surface area contributed by atoms with Crippen molar-refractivity contribution in [1.82, 2.24) is 0 Å². The molecule has 2 aromatic rings. The van der Waals surface area contributed by atoms with Crippen LogP contribution in [-0.2, 0) is 0 Å². The molecule has 2 amide bonds. The summed E-state index contributed by atoms with van der Waals surface area (Å²) < 4.78 is 0. The lowest BCUT2D eigenvalue weighted by Gasteiger charge is -2.14. The average Bonchev–Trinajstić information content (AvgIpc) is 2.43. The summed E-state index contributed by atoms with van der Waals surface area (Å²) in [6.45, 7) is 10.4. The molecule has 0 saturated heterocycles. The van der Waals surface area contributed by atoms with Crippen LogP contribution in [0.5, 0.6) is 0 Å². The molecule has 3 nitrogen and oxygen atoms in total. The van der Waals surface area contributed by atoms with Gasteiger partial charge in [-0.25, -0.2) is 4.79 Å². The van der Waals surface area contributed by atoms with Crippen LogP contribution in [0.4, 0.5) is 16.2 Å². The number of carbonyl (C=O) groups is 1. The Hall–Kier alpha value is -2.29. The van der Waals surface area contributed by atoms with Crippen molar-refractivity contribution in [3.63, 3.8) is 0 Å². The minimum atomic E-state index is -0.215. The van der Waals surface area contributed by atoms with Gasteiger partial charge in [-0.2, -0.15) is 0 Å². The smallest absolute Gasteiger partial charge is 0.308 e. The van der Waals surface area contributed by atoms with E-state index in [2.05, 4.69) is 43.5 Å². The number of aryl methyl sites for hydroxylation is 3. The first-order valence-corrected chi connectivity index (χ1v) is 7.62. The Morgan fingerprint density at radius 2 is 1.45 bits per heavy atom. The van der Waals surface area contributed by atoms with Crippen LogP contribution in [0.2, 0.25) is 0 Å². The van der Waals surface area contributed by atoms with Crippen molar-refractivity contribution in [3.8, 4) is 0 Å². The standard InChI is InChI=1S/C19H24N2O/c1-12(2)16-6-8-17(9-7-16)20-19(22)21-18-14(4)10-13(3)11-15(18)5/h6-12H,1-5H3,(H2,20,21,22). The molecule has 3 heteroatoms. The van der Waals surface area contributed by atoms with Gasteiger partial charge in [0.15, 0.2) is 0 Å². The minimum absolute atomic E-state index is 0.215. The number of benzene rings is 2. The molecule has 2 N–H and O–H groups in total. The number of anilines is 2. The van der Waals surface area contributed by atoms with Crippen molar-refractivity contribution in [2.24, 2.45) is 0 Å². The molecule has 0 aliphatic carbocycles. The molecule has 0 aromatic heterocycles. The number of nitrogens with one attached hydrogen (secondary N) is 2. The van der Waals surface area contributed by atoms with E-state index in [9.17, 15) is 4.79 Å². The monoisotopic (exact) mass is 296 g/mol. The van der Waals surface area contributed by atoms with E-state index in [1.54, 1.807) is 0 Å². The second-order valence-corrected chi connectivity index (χ2v) is 6.13. The van der Waals surface area contributed by atoms with Crippen molar-refractivity contribution >= 4 is 17.4 Å². The van der Waals surface area contributed by atoms with Crippen LogP contribution in [-0.4, -0.2) is 6.03 Å². The fraction of sp³-hybridized carbons (Fsp3) is 0.316. The predicted molar refractivity (Wildman–Crippen MR) is 93.8 cm³/mol. The highest BCUT2D eigenvalue weighted by atomic mass is 16.2. The van der Waals surface area contributed by atoms with Gasteiger partial charge in [0.05, 0.1) is 0 Å². The third-order valence-electron chi connectivity index (χ3n) is 3.75. The van der Waals surface area contributed by atoms with Crippen molar-refractivity contribution < 1.29 is 4.79 Å². The second kappa shape index (κ2) is 6.65. The highest BCUT2D eigenvalue weighted by molar-refractivity contribution is 6.00. The van der Waals surface area contributed by atoms with Gasteiger partial charge in [-0.05, 0) is 55.5 Å². The molecular formula is C19H24N2O. The van der Waals surface area contributed by atoms with Crippen molar-refractivity contribution in [2.45, 2.75) is 40.5 Å². The molecule has 116 valence electrons. The summed E-state index contributed by atoms with van der Waals surface area (Å²) in [6.07, 6.45) is 0. The van der Waals surface area contributed by atoms with Gasteiger partial charge in [-0.15, -0.1) is 0 Å². The number of hydrogen-bond donors (Lipinski definition) is 2. The van der Waals surface area contributed by atoms with Gasteiger partial charge < -0.3 is 10.6 Å². The Balaban J connectivity index is 2.07. The molecule has 0 spiro atoms. The SMILES string of the molecule is Cc1cc(C)c(NC(=O)Nc2ccc(C(C)C)cc2)c(C)c1. The zero-order chi connectivity index (χ0) is 16.3. The molecule has 0 saturated carbocycles. The van der Waals surface area contributed by atoms with Gasteiger partial charge in [0.2, 0.25) is 0 Å². The number of carbonyl (C=O) groups excluding carboxylic acids is 1. The highest BCUT2D eigenvalue weighted by Gasteiger charge is 2.08. The van der Waals surface area contributed by atoms with E-state index in [4.69, 9.17) is 0 Å². The summed E-state index contributed by atoms with van der Waals surface area (Å²) in [5.41, 5.74) is 6.28. The summed E-state index contributed by atoms with van der Waals surface area (Å²) >= 11 is 0. The fourth-order valence-corrected chi connectivity index (χ4v) is 2.60. The van der Waals surface area contributed by atoms with Gasteiger partial charge in [-0.1, -0.05) is 43.7 Å². The summed E-state index contributed by atoms with van der Waals surface area (Å²) in [6, 6.07) is 11.9. The third-order valence-corrected chi connectivity index (χ3v) is 3.75. The third kappa shape index (κ3) is 3.88. The van der Waals surface area contributed by atoms with Gasteiger partial charge >= 0.3 is 6.03 Å². The first-order valence-electron chi connectivity index (χ1n) is 7.62. The zero-order valence-electron chi connectivity index (χ0n) is 13.9. The van der Waals surface area contributed by atoms with E-state index in [-0.39, 0.29) is 6.03 Å². The van der Waals surface area contributed by atoms with Crippen LogP contribution in [0.1, 0.15) is 42.0 Å². The molecule has 0 radical (unpaired) electrons. The molecule has 2 rings (SSSR count). The molecule has 0 fully saturated rings. The maximum Gasteiger partial charge on any atom is 0.323 e. The van der Waals surface area contributed by atoms with Crippen LogP contribution < -0.4 is 10.6 Å². The quantitative estimate of drug-likeness (QED) is 0.784. The van der Waals surface area contributed by atoms with E-state index in [0.29, 0.717) is 5.92 Å². The lowest BCUT2D eigenvalue weighted by atomic mass is 10.0. The molecule has 22 heavy (non-hydrogen) atoms. The molecule has 0 heterocycles. The van der Waals surface area contributed by atoms with Crippen molar-refractivity contribution in [1.29, 1.82) is 0 Å². The average molecular weight is 296 g/mol. The Morgan fingerprint density at radius 3 is 1.95 bits per heavy atom. The van der Waals surface area contributed by atoms with Crippen LogP contribution in [0.3, 0.4) is 0 Å². The molecule has 0 bridgehead atoms. The van der Waals surface area contributed by atoms with Gasteiger partial charge in [0.1, 0.15) is 0 Å². The summed E-state index contributed by atoms with van der Waals surface area (Å²) in [5.74, 6) is 0.487. The van der Waals surface area contributed by atoms with E-state index in [1.165, 1.54) is 11.1 Å².